The van der Waals surface area contributed by atoms with E-state index in [1.807, 2.05) is 13.8 Å². The smallest absolute Gasteiger partial charge is 0.308 e. The molecular formula is C10H19NO2. The van der Waals surface area contributed by atoms with Gasteiger partial charge in [0, 0.05) is 12.5 Å². The second-order valence-electron chi connectivity index (χ2n) is 4.00. The average Bonchev–Trinajstić information content (AvgIpc) is 2.15. The Morgan fingerprint density at radius 1 is 1.62 bits per heavy atom. The van der Waals surface area contributed by atoms with Crippen molar-refractivity contribution in [2.75, 3.05) is 19.7 Å². The van der Waals surface area contributed by atoms with Crippen LogP contribution in [0.5, 0.6) is 0 Å². The lowest BCUT2D eigenvalue weighted by Crippen LogP contribution is -2.33. The van der Waals surface area contributed by atoms with Crippen LogP contribution in [-0.2, 0) is 9.53 Å². The zero-order valence-electron chi connectivity index (χ0n) is 8.51. The molecule has 1 heterocycles. The first-order valence-corrected chi connectivity index (χ1v) is 5.07. The number of carbonyl (C=O) groups is 1. The Morgan fingerprint density at radius 3 is 2.92 bits per heavy atom. The summed E-state index contributed by atoms with van der Waals surface area (Å²) in [5.74, 6) is 0.443. The second kappa shape index (κ2) is 5.22. The van der Waals surface area contributed by atoms with Gasteiger partial charge < -0.3 is 10.1 Å². The summed E-state index contributed by atoms with van der Waals surface area (Å²) in [5, 5.41) is 3.30. The Labute approximate surface area is 79.8 Å². The molecular weight excluding hydrogens is 166 g/mol. The molecule has 1 saturated heterocycles. The molecule has 13 heavy (non-hydrogen) atoms. The summed E-state index contributed by atoms with van der Waals surface area (Å²) >= 11 is 0. The van der Waals surface area contributed by atoms with Crippen LogP contribution < -0.4 is 5.32 Å². The molecule has 0 aromatic rings. The van der Waals surface area contributed by atoms with Gasteiger partial charge in [-0.3, -0.25) is 4.79 Å². The van der Waals surface area contributed by atoms with Crippen LogP contribution >= 0.6 is 0 Å². The number of esters is 1. The van der Waals surface area contributed by atoms with E-state index >= 15 is 0 Å². The molecule has 0 bridgehead atoms. The number of carbonyl (C=O) groups excluding carboxylic acids is 1. The van der Waals surface area contributed by atoms with Gasteiger partial charge >= 0.3 is 5.97 Å². The minimum atomic E-state index is -0.0782. The van der Waals surface area contributed by atoms with E-state index in [0.29, 0.717) is 12.5 Å². The molecule has 1 aliphatic rings. The fourth-order valence-electron chi connectivity index (χ4n) is 1.43. The van der Waals surface area contributed by atoms with E-state index in [0.717, 1.165) is 13.1 Å². The van der Waals surface area contributed by atoms with Crippen LogP contribution in [0, 0.1) is 11.8 Å². The molecule has 0 aliphatic carbocycles. The molecule has 1 fully saturated rings. The Kier molecular flexibility index (Phi) is 4.22. The first kappa shape index (κ1) is 10.5. The number of ether oxygens (including phenoxy) is 1. The van der Waals surface area contributed by atoms with Crippen molar-refractivity contribution in [3.8, 4) is 0 Å². The summed E-state index contributed by atoms with van der Waals surface area (Å²) in [7, 11) is 0. The molecule has 0 unspecified atom stereocenters. The molecule has 0 spiro atoms. The van der Waals surface area contributed by atoms with Crippen LogP contribution in [0.25, 0.3) is 0 Å². The summed E-state index contributed by atoms with van der Waals surface area (Å²) in [6.07, 6.45) is 2.38. The second-order valence-corrected chi connectivity index (χ2v) is 4.00. The maximum Gasteiger partial charge on any atom is 0.308 e. The van der Waals surface area contributed by atoms with Crippen LogP contribution in [0.1, 0.15) is 26.7 Å². The van der Waals surface area contributed by atoms with Gasteiger partial charge in [0.05, 0.1) is 12.5 Å². The molecule has 0 aromatic heterocycles. The van der Waals surface area contributed by atoms with Gasteiger partial charge in [0.15, 0.2) is 0 Å². The van der Waals surface area contributed by atoms with E-state index < -0.39 is 0 Å². The lowest BCUT2D eigenvalue weighted by Gasteiger charge is -2.22. The lowest BCUT2D eigenvalue weighted by atomic mass is 10.0. The van der Waals surface area contributed by atoms with Gasteiger partial charge in [-0.1, -0.05) is 13.8 Å². The van der Waals surface area contributed by atoms with Crippen molar-refractivity contribution in [2.24, 2.45) is 11.8 Å². The molecule has 0 aromatic carbocycles. The van der Waals surface area contributed by atoms with E-state index in [1.165, 1.54) is 12.8 Å². The number of nitrogens with one attached hydrogen (secondary N) is 1. The van der Waals surface area contributed by atoms with Gasteiger partial charge in [0.1, 0.15) is 0 Å². The molecule has 3 nitrogen and oxygen atoms in total. The van der Waals surface area contributed by atoms with Crippen LogP contribution in [0.3, 0.4) is 0 Å². The quantitative estimate of drug-likeness (QED) is 0.671. The molecule has 1 aliphatic heterocycles. The Bertz CT molecular complexity index is 162. The van der Waals surface area contributed by atoms with Gasteiger partial charge in [-0.05, 0) is 19.4 Å². The molecule has 0 radical (unpaired) electrons. The first-order valence-electron chi connectivity index (χ1n) is 5.07. The zero-order valence-corrected chi connectivity index (χ0v) is 8.51. The van der Waals surface area contributed by atoms with Crippen LogP contribution in [0.2, 0.25) is 0 Å². The van der Waals surface area contributed by atoms with E-state index in [9.17, 15) is 4.79 Å². The number of hydrogen-bond donors (Lipinski definition) is 1. The molecule has 3 heteroatoms. The minimum absolute atomic E-state index is 0.00319. The summed E-state index contributed by atoms with van der Waals surface area (Å²) < 4.78 is 5.16. The van der Waals surface area contributed by atoms with Crippen molar-refractivity contribution in [3.05, 3.63) is 0 Å². The summed E-state index contributed by atoms with van der Waals surface area (Å²) in [5.41, 5.74) is 0. The van der Waals surface area contributed by atoms with Crippen LogP contribution in [0.15, 0.2) is 0 Å². The third kappa shape index (κ3) is 3.77. The number of hydrogen-bond acceptors (Lipinski definition) is 3. The molecule has 1 atom stereocenters. The van der Waals surface area contributed by atoms with Crippen molar-refractivity contribution >= 4 is 5.97 Å². The Hall–Kier alpha value is -0.570. The van der Waals surface area contributed by atoms with Crippen molar-refractivity contribution < 1.29 is 9.53 Å². The van der Waals surface area contributed by atoms with Gasteiger partial charge in [-0.15, -0.1) is 0 Å². The summed E-state index contributed by atoms with van der Waals surface area (Å²) in [4.78, 5) is 11.1. The van der Waals surface area contributed by atoms with Gasteiger partial charge in [0.2, 0.25) is 0 Å². The molecule has 1 N–H and O–H groups in total. The van der Waals surface area contributed by atoms with Crippen LogP contribution in [0.4, 0.5) is 0 Å². The largest absolute Gasteiger partial charge is 0.465 e. The molecule has 0 amide bonds. The molecule has 76 valence electrons. The van der Waals surface area contributed by atoms with E-state index in [1.54, 1.807) is 0 Å². The number of piperidine rings is 1. The highest BCUT2D eigenvalue weighted by atomic mass is 16.5. The van der Waals surface area contributed by atoms with Gasteiger partial charge in [0.25, 0.3) is 0 Å². The van der Waals surface area contributed by atoms with E-state index in [-0.39, 0.29) is 11.9 Å². The highest BCUT2D eigenvalue weighted by Crippen LogP contribution is 2.10. The SMILES string of the molecule is CC(C)C(=O)OC[C@@H]1CCCNC1. The normalized spacial score (nSPS) is 23.2. The van der Waals surface area contributed by atoms with Gasteiger partial charge in [-0.25, -0.2) is 0 Å². The third-order valence-electron chi connectivity index (χ3n) is 2.33. The zero-order chi connectivity index (χ0) is 9.68. The summed E-state index contributed by atoms with van der Waals surface area (Å²) in [6.45, 7) is 6.41. The van der Waals surface area contributed by atoms with Crippen molar-refractivity contribution in [1.82, 2.24) is 5.32 Å². The monoisotopic (exact) mass is 185 g/mol. The topological polar surface area (TPSA) is 38.3 Å². The summed E-state index contributed by atoms with van der Waals surface area (Å²) in [6, 6.07) is 0. The fourth-order valence-corrected chi connectivity index (χ4v) is 1.43. The highest BCUT2D eigenvalue weighted by Gasteiger charge is 2.16. The molecule has 1 rings (SSSR count). The standard InChI is InChI=1S/C10H19NO2/c1-8(2)10(12)13-7-9-4-3-5-11-6-9/h8-9,11H,3-7H2,1-2H3/t9-/m1/s1. The third-order valence-corrected chi connectivity index (χ3v) is 2.33. The minimum Gasteiger partial charge on any atom is -0.465 e. The van der Waals surface area contributed by atoms with E-state index in [2.05, 4.69) is 5.32 Å². The van der Waals surface area contributed by atoms with Gasteiger partial charge in [-0.2, -0.15) is 0 Å². The highest BCUT2D eigenvalue weighted by molar-refractivity contribution is 5.71. The lowest BCUT2D eigenvalue weighted by molar-refractivity contribution is -0.148. The Balaban J connectivity index is 2.13. The predicted molar refractivity (Wildman–Crippen MR) is 51.4 cm³/mol. The molecule has 0 saturated carbocycles. The average molecular weight is 185 g/mol. The Morgan fingerprint density at radius 2 is 2.38 bits per heavy atom. The fraction of sp³-hybridized carbons (Fsp3) is 0.900. The maximum atomic E-state index is 11.1. The van der Waals surface area contributed by atoms with Crippen molar-refractivity contribution in [1.29, 1.82) is 0 Å². The van der Waals surface area contributed by atoms with Crippen LogP contribution in [-0.4, -0.2) is 25.7 Å². The van der Waals surface area contributed by atoms with E-state index in [4.69, 9.17) is 4.74 Å². The first-order chi connectivity index (χ1) is 6.20. The van der Waals surface area contributed by atoms with Crippen molar-refractivity contribution in [3.63, 3.8) is 0 Å². The number of rotatable bonds is 3. The maximum absolute atomic E-state index is 11.1. The predicted octanol–water partition coefficient (Wildman–Crippen LogP) is 1.19. The van der Waals surface area contributed by atoms with Crippen molar-refractivity contribution in [2.45, 2.75) is 26.7 Å².